The number of halogens is 4. The van der Waals surface area contributed by atoms with Gasteiger partial charge in [-0.15, -0.1) is 0 Å². The lowest BCUT2D eigenvalue weighted by Crippen LogP contribution is -2.47. The van der Waals surface area contributed by atoms with Crippen LogP contribution in [0.1, 0.15) is 42.8 Å². The molecule has 1 fully saturated rings. The molecule has 4 heterocycles. The van der Waals surface area contributed by atoms with Crippen molar-refractivity contribution < 1.29 is 17.6 Å². The topological polar surface area (TPSA) is 47.2 Å². The summed E-state index contributed by atoms with van der Waals surface area (Å²) in [4.78, 5) is 11.8. The Bertz CT molecular complexity index is 1140. The summed E-state index contributed by atoms with van der Waals surface area (Å²) in [5, 5.41) is 4.54. The van der Waals surface area contributed by atoms with Gasteiger partial charge in [0.1, 0.15) is 0 Å². The van der Waals surface area contributed by atoms with Gasteiger partial charge in [0, 0.05) is 48.3 Å². The Balaban J connectivity index is 1.41. The molecule has 1 aromatic carbocycles. The average Bonchev–Trinajstić information content (AvgIpc) is 3.42. The number of nitrogens with zero attached hydrogens (tertiary/aromatic N) is 3. The van der Waals surface area contributed by atoms with Gasteiger partial charge in [-0.1, -0.05) is 18.2 Å². The van der Waals surface area contributed by atoms with E-state index in [1.807, 2.05) is 43.3 Å². The summed E-state index contributed by atoms with van der Waals surface area (Å²) in [6.45, 7) is 3.09. The minimum Gasteiger partial charge on any atom is -0.380 e. The molecule has 1 saturated heterocycles. The third-order valence-corrected chi connectivity index (χ3v) is 7.20. The van der Waals surface area contributed by atoms with E-state index in [1.54, 1.807) is 6.20 Å². The van der Waals surface area contributed by atoms with Crippen LogP contribution in [0, 0.1) is 0 Å². The third-order valence-electron chi connectivity index (χ3n) is 7.20. The number of pyridine rings is 1. The highest BCUT2D eigenvalue weighted by atomic mass is 19.4. The molecule has 188 valence electrons. The number of rotatable bonds is 7. The molecule has 5 nitrogen and oxygen atoms in total. The zero-order valence-corrected chi connectivity index (χ0v) is 19.8. The number of nitrogens with one attached hydrogen (secondary N) is 2. The smallest absolute Gasteiger partial charge is 0.380 e. The molecule has 2 aliphatic rings. The Morgan fingerprint density at radius 1 is 1.17 bits per heavy atom. The highest BCUT2D eigenvalue weighted by Gasteiger charge is 2.42. The van der Waals surface area contributed by atoms with Crippen LogP contribution >= 0.6 is 0 Å². The maximum absolute atomic E-state index is 13.6. The molecule has 0 amide bonds. The van der Waals surface area contributed by atoms with Gasteiger partial charge in [-0.05, 0) is 49.9 Å². The number of aromatic amines is 1. The van der Waals surface area contributed by atoms with Gasteiger partial charge in [0.15, 0.2) is 0 Å². The summed E-state index contributed by atoms with van der Waals surface area (Å²) in [7, 11) is 0. The molecule has 0 spiro atoms. The molecule has 0 radical (unpaired) electrons. The summed E-state index contributed by atoms with van der Waals surface area (Å²) in [6.07, 6.45) is -0.536. The number of fused-ring (bicyclic) bond motifs is 3. The van der Waals surface area contributed by atoms with Crippen molar-refractivity contribution in [3.63, 3.8) is 0 Å². The lowest BCUT2D eigenvalue weighted by molar-refractivity contribution is -0.155. The van der Waals surface area contributed by atoms with Gasteiger partial charge in [-0.25, -0.2) is 0 Å². The number of hydrogen-bond acceptors (Lipinski definition) is 4. The van der Waals surface area contributed by atoms with Crippen molar-refractivity contribution in [1.29, 1.82) is 0 Å². The Labute approximate surface area is 202 Å². The van der Waals surface area contributed by atoms with E-state index in [1.165, 1.54) is 4.90 Å². The summed E-state index contributed by atoms with van der Waals surface area (Å²) in [5.41, 5.74) is 4.23. The molecule has 1 unspecified atom stereocenters. The molecule has 3 aromatic rings. The fraction of sp³-hybridized carbons (Fsp3) is 0.500. The van der Waals surface area contributed by atoms with Crippen LogP contribution in [0.15, 0.2) is 42.6 Å². The number of benzene rings is 1. The van der Waals surface area contributed by atoms with Crippen LogP contribution in [-0.4, -0.2) is 70.9 Å². The average molecular weight is 490 g/mol. The molecule has 5 rings (SSSR count). The Kier molecular flexibility index (Phi) is 6.72. The highest BCUT2D eigenvalue weighted by molar-refractivity contribution is 5.85. The molecule has 2 N–H and O–H groups in total. The van der Waals surface area contributed by atoms with Crippen LogP contribution in [0.25, 0.3) is 10.9 Å². The molecule has 3 atom stereocenters. The van der Waals surface area contributed by atoms with Gasteiger partial charge < -0.3 is 15.2 Å². The predicted octanol–water partition coefficient (Wildman–Crippen LogP) is 5.31. The van der Waals surface area contributed by atoms with Crippen LogP contribution in [0.2, 0.25) is 0 Å². The van der Waals surface area contributed by atoms with Crippen LogP contribution in [-0.2, 0) is 6.42 Å². The van der Waals surface area contributed by atoms with Gasteiger partial charge in [0.2, 0.25) is 0 Å². The largest absolute Gasteiger partial charge is 0.401 e. The maximum Gasteiger partial charge on any atom is 0.401 e. The van der Waals surface area contributed by atoms with Crippen LogP contribution in [0.3, 0.4) is 0 Å². The van der Waals surface area contributed by atoms with Crippen molar-refractivity contribution in [3.8, 4) is 0 Å². The SMILES string of the molecule is C[C@@H]1Cc2c([nH]c3ccccc23)[C@@H](c2ccc(NC3CCN(CCCF)C3)cn2)N1CC(F)(F)F. The first-order chi connectivity index (χ1) is 16.8. The highest BCUT2D eigenvalue weighted by Crippen LogP contribution is 2.41. The first-order valence-electron chi connectivity index (χ1n) is 12.2. The molecule has 35 heavy (non-hydrogen) atoms. The molecular formula is C26H31F4N5. The normalized spacial score (nSPS) is 23.6. The van der Waals surface area contributed by atoms with E-state index < -0.39 is 18.8 Å². The minimum atomic E-state index is -4.31. The number of anilines is 1. The molecule has 9 heteroatoms. The van der Waals surface area contributed by atoms with Gasteiger partial charge in [0.05, 0.1) is 36.8 Å². The number of H-pyrrole nitrogens is 1. The van der Waals surface area contributed by atoms with E-state index in [0.29, 0.717) is 18.5 Å². The Morgan fingerprint density at radius 3 is 2.74 bits per heavy atom. The van der Waals surface area contributed by atoms with Crippen molar-refractivity contribution in [2.24, 2.45) is 0 Å². The second-order valence-corrected chi connectivity index (χ2v) is 9.75. The third kappa shape index (κ3) is 5.16. The number of alkyl halides is 4. The minimum absolute atomic E-state index is 0.249. The van der Waals surface area contributed by atoms with Gasteiger partial charge in [-0.3, -0.25) is 14.3 Å². The number of likely N-dealkylation sites (tertiary alicyclic amines) is 1. The molecule has 0 bridgehead atoms. The van der Waals surface area contributed by atoms with E-state index in [4.69, 9.17) is 0 Å². The quantitative estimate of drug-likeness (QED) is 0.442. The van der Waals surface area contributed by atoms with E-state index in [9.17, 15) is 17.6 Å². The van der Waals surface area contributed by atoms with Crippen molar-refractivity contribution in [3.05, 3.63) is 59.5 Å². The number of hydrogen-bond donors (Lipinski definition) is 2. The fourth-order valence-corrected chi connectivity index (χ4v) is 5.60. The summed E-state index contributed by atoms with van der Waals surface area (Å²) < 4.78 is 53.2. The number of para-hydroxylation sites is 1. The van der Waals surface area contributed by atoms with Gasteiger partial charge in [-0.2, -0.15) is 13.2 Å². The lowest BCUT2D eigenvalue weighted by Gasteiger charge is -2.40. The molecule has 2 aromatic heterocycles. The van der Waals surface area contributed by atoms with Crippen LogP contribution in [0.4, 0.5) is 23.2 Å². The molecular weight excluding hydrogens is 458 g/mol. The molecule has 0 aliphatic carbocycles. The predicted molar refractivity (Wildman–Crippen MR) is 129 cm³/mol. The number of aromatic nitrogens is 2. The summed E-state index contributed by atoms with van der Waals surface area (Å²) in [6, 6.07) is 10.9. The van der Waals surface area contributed by atoms with Crippen molar-refractivity contribution in [2.45, 2.75) is 50.5 Å². The zero-order valence-electron chi connectivity index (χ0n) is 19.8. The monoisotopic (exact) mass is 489 g/mol. The van der Waals surface area contributed by atoms with E-state index in [2.05, 4.69) is 20.2 Å². The standard InChI is InChI=1S/C26H31F4N5/c1-17-13-21-20-5-2-3-6-22(20)33-24(21)25(35(17)16-26(28,29)30)23-8-7-18(14-31-23)32-19-9-12-34(15-19)11-4-10-27/h2-3,5-8,14,17,19,25,32-33H,4,9-13,15-16H2,1H3/t17-,19?,25-/m1/s1. The van der Waals surface area contributed by atoms with E-state index in [-0.39, 0.29) is 18.8 Å². The maximum atomic E-state index is 13.6. The van der Waals surface area contributed by atoms with Crippen LogP contribution < -0.4 is 5.32 Å². The Hall–Kier alpha value is -2.65. The first kappa shape index (κ1) is 24.1. The van der Waals surface area contributed by atoms with Gasteiger partial charge >= 0.3 is 6.18 Å². The van der Waals surface area contributed by atoms with Crippen molar-refractivity contribution in [1.82, 2.24) is 19.8 Å². The van der Waals surface area contributed by atoms with Crippen molar-refractivity contribution in [2.75, 3.05) is 38.2 Å². The fourth-order valence-electron chi connectivity index (χ4n) is 5.60. The van der Waals surface area contributed by atoms with Crippen molar-refractivity contribution >= 4 is 16.6 Å². The summed E-state index contributed by atoms with van der Waals surface area (Å²) in [5.74, 6) is 0. The van der Waals surface area contributed by atoms with Gasteiger partial charge in [0.25, 0.3) is 0 Å². The molecule has 2 aliphatic heterocycles. The van der Waals surface area contributed by atoms with Crippen LogP contribution in [0.5, 0.6) is 0 Å². The second kappa shape index (κ2) is 9.78. The summed E-state index contributed by atoms with van der Waals surface area (Å²) >= 11 is 0. The first-order valence-corrected chi connectivity index (χ1v) is 12.2. The van der Waals surface area contributed by atoms with E-state index >= 15 is 0 Å². The Morgan fingerprint density at radius 2 is 2.00 bits per heavy atom. The molecule has 0 saturated carbocycles. The second-order valence-electron chi connectivity index (χ2n) is 9.75. The zero-order chi connectivity index (χ0) is 24.6. The van der Waals surface area contributed by atoms with E-state index in [0.717, 1.165) is 53.9 Å². The lowest BCUT2D eigenvalue weighted by atomic mass is 9.90.